The number of hydrogen-bond acceptors (Lipinski definition) is 13. The van der Waals surface area contributed by atoms with E-state index < -0.39 is 83.6 Å². The van der Waals surface area contributed by atoms with Gasteiger partial charge in [-0.3, -0.25) is 24.3 Å². The van der Waals surface area contributed by atoms with Gasteiger partial charge in [-0.15, -0.1) is 0 Å². The average molecular weight is 785 g/mol. The number of nitrogens with zero attached hydrogens (tertiary/aromatic N) is 2. The summed E-state index contributed by atoms with van der Waals surface area (Å²) in [5.74, 6) is -5.48. The van der Waals surface area contributed by atoms with Crippen molar-refractivity contribution in [3.05, 3.63) is 66.0 Å². The Hall–Kier alpha value is -3.30. The molecule has 56 heavy (non-hydrogen) atoms. The monoisotopic (exact) mass is 784 g/mol. The molecular weight excluding hydrogens is 720 g/mol. The summed E-state index contributed by atoms with van der Waals surface area (Å²) in [7, 11) is 3.42. The highest BCUT2D eigenvalue weighted by Crippen LogP contribution is 2.40. The number of hydrogen-bond donors (Lipinski definition) is 3. The van der Waals surface area contributed by atoms with Gasteiger partial charge in [-0.1, -0.05) is 64.1 Å². The highest BCUT2D eigenvalue weighted by atomic mass is 16.7. The summed E-state index contributed by atoms with van der Waals surface area (Å²) in [5, 5.41) is 35.0. The zero-order valence-electron chi connectivity index (χ0n) is 34.7. The van der Waals surface area contributed by atoms with Crippen LogP contribution in [0.1, 0.15) is 85.8 Å². The molecule has 0 amide bonds. The number of cyclic esters (lactones) is 1. The number of aliphatic hydroxyl groups is 3. The first-order valence-corrected chi connectivity index (χ1v) is 19.9. The minimum absolute atomic E-state index is 0.0681. The molecule has 0 radical (unpaired) electrons. The quantitative estimate of drug-likeness (QED) is 0.292. The van der Waals surface area contributed by atoms with E-state index in [-0.39, 0.29) is 37.2 Å². The molecule has 1 aromatic carbocycles. The Bertz CT molecular complexity index is 1580. The first kappa shape index (κ1) is 45.4. The average Bonchev–Trinajstić information content (AvgIpc) is 3.17. The highest BCUT2D eigenvalue weighted by molar-refractivity contribution is 5.83. The van der Waals surface area contributed by atoms with Crippen LogP contribution >= 0.6 is 0 Å². The Morgan fingerprint density at radius 1 is 1.00 bits per heavy atom. The van der Waals surface area contributed by atoms with E-state index in [9.17, 15) is 29.7 Å². The summed E-state index contributed by atoms with van der Waals surface area (Å²) in [6, 6.07) is 13.0. The third-order valence-electron chi connectivity index (χ3n) is 12.0. The molecule has 2 aliphatic heterocycles. The van der Waals surface area contributed by atoms with Crippen LogP contribution in [0.25, 0.3) is 0 Å². The molecular formula is C43H64N2O11. The minimum atomic E-state index is -1.99. The van der Waals surface area contributed by atoms with Crippen LogP contribution in [-0.4, -0.2) is 117 Å². The van der Waals surface area contributed by atoms with Crippen molar-refractivity contribution in [1.29, 1.82) is 0 Å². The maximum atomic E-state index is 14.1. The predicted octanol–water partition coefficient (Wildman–Crippen LogP) is 4.27. The van der Waals surface area contributed by atoms with Gasteiger partial charge in [0.15, 0.2) is 6.29 Å². The van der Waals surface area contributed by atoms with E-state index in [4.69, 9.17) is 23.7 Å². The van der Waals surface area contributed by atoms with E-state index in [1.54, 1.807) is 66.1 Å². The summed E-state index contributed by atoms with van der Waals surface area (Å²) in [4.78, 5) is 48.0. The fourth-order valence-electron chi connectivity index (χ4n) is 8.56. The van der Waals surface area contributed by atoms with Gasteiger partial charge in [0.1, 0.15) is 29.7 Å². The molecule has 2 aromatic rings. The molecule has 0 unspecified atom stereocenters. The number of methoxy groups -OCH3 is 1. The van der Waals surface area contributed by atoms with Crippen molar-refractivity contribution in [1.82, 2.24) is 9.88 Å². The Kier molecular flexibility index (Phi) is 15.8. The molecule has 2 aliphatic rings. The molecule has 14 atom stereocenters. The first-order chi connectivity index (χ1) is 26.3. The molecule has 4 rings (SSSR count). The summed E-state index contributed by atoms with van der Waals surface area (Å²) >= 11 is 0. The van der Waals surface area contributed by atoms with Gasteiger partial charge in [0.25, 0.3) is 0 Å². The third-order valence-corrected chi connectivity index (χ3v) is 12.0. The standard InChI is InChI=1S/C43H64N2O11/c1-11-33-43(8,51)38(49)27(4)35(47)25(2)22-42(7,52-10)39(28(5)37(29(6)40(50)54-33)55-34(46)21-31-18-15-19-44-23-31)56-41-36(48)32(20-26(3)53-41)45(9)24-30-16-13-12-14-17-30/h12-19,23,25-29,32-33,36-39,41,48-49,51H,11,20-22,24H2,1-10H3/t25-,26-,27+,28+,29-,32+,33-,36-,37+,38-,39-,41+,42-,43-/m1/s1. The van der Waals surface area contributed by atoms with E-state index in [0.717, 1.165) is 5.56 Å². The number of ketones is 1. The second-order valence-corrected chi connectivity index (χ2v) is 16.5. The topological polar surface area (TPSA) is 174 Å². The summed E-state index contributed by atoms with van der Waals surface area (Å²) in [5.41, 5.74) is -1.63. The maximum Gasteiger partial charge on any atom is 0.312 e. The number of rotatable bonds is 10. The van der Waals surface area contributed by atoms with E-state index in [1.165, 1.54) is 14.0 Å². The number of benzene rings is 1. The van der Waals surface area contributed by atoms with Gasteiger partial charge >= 0.3 is 11.9 Å². The number of ether oxygens (including phenoxy) is 5. The van der Waals surface area contributed by atoms with Gasteiger partial charge in [-0.25, -0.2) is 0 Å². The number of aromatic nitrogens is 1. The van der Waals surface area contributed by atoms with Crippen molar-refractivity contribution < 1.29 is 53.4 Å². The van der Waals surface area contributed by atoms with Crippen LogP contribution in [0.15, 0.2) is 54.9 Å². The van der Waals surface area contributed by atoms with Gasteiger partial charge in [-0.2, -0.15) is 0 Å². The molecule has 13 nitrogen and oxygen atoms in total. The number of carbonyl (C=O) groups is 3. The lowest BCUT2D eigenvalue weighted by Crippen LogP contribution is -2.61. The van der Waals surface area contributed by atoms with Crippen molar-refractivity contribution in [2.75, 3.05) is 14.2 Å². The van der Waals surface area contributed by atoms with E-state index in [2.05, 4.69) is 9.88 Å². The van der Waals surface area contributed by atoms with Crippen LogP contribution in [0.5, 0.6) is 0 Å². The van der Waals surface area contributed by atoms with Gasteiger partial charge in [0.2, 0.25) is 0 Å². The van der Waals surface area contributed by atoms with Crippen LogP contribution in [0.3, 0.4) is 0 Å². The van der Waals surface area contributed by atoms with Crippen molar-refractivity contribution in [2.45, 2.75) is 148 Å². The molecule has 2 fully saturated rings. The van der Waals surface area contributed by atoms with E-state index in [0.29, 0.717) is 18.5 Å². The van der Waals surface area contributed by atoms with E-state index in [1.807, 2.05) is 44.3 Å². The Balaban J connectivity index is 1.80. The summed E-state index contributed by atoms with van der Waals surface area (Å²) < 4.78 is 31.5. The number of aliphatic hydroxyl groups excluding tert-OH is 2. The van der Waals surface area contributed by atoms with Crippen molar-refractivity contribution >= 4 is 17.7 Å². The molecule has 0 saturated carbocycles. The zero-order chi connectivity index (χ0) is 41.5. The number of esters is 2. The van der Waals surface area contributed by atoms with Crippen molar-refractivity contribution in [3.63, 3.8) is 0 Å². The largest absolute Gasteiger partial charge is 0.461 e. The molecule has 3 heterocycles. The van der Waals surface area contributed by atoms with E-state index >= 15 is 0 Å². The fourth-order valence-corrected chi connectivity index (χ4v) is 8.56. The summed E-state index contributed by atoms with van der Waals surface area (Å²) in [6.07, 6.45) is -3.92. The van der Waals surface area contributed by atoms with Crippen LogP contribution in [0.4, 0.5) is 0 Å². The molecule has 312 valence electrons. The fraction of sp³-hybridized carbons (Fsp3) is 0.674. The van der Waals surface area contributed by atoms with Crippen LogP contribution in [0, 0.1) is 23.7 Å². The second kappa shape index (κ2) is 19.4. The van der Waals surface area contributed by atoms with Crippen LogP contribution < -0.4 is 0 Å². The second-order valence-electron chi connectivity index (χ2n) is 16.5. The molecule has 0 bridgehead atoms. The van der Waals surface area contributed by atoms with Gasteiger partial charge in [0, 0.05) is 49.8 Å². The molecule has 0 spiro atoms. The molecule has 1 aromatic heterocycles. The van der Waals surface area contributed by atoms with Crippen LogP contribution in [-0.2, 0) is 51.0 Å². The first-order valence-electron chi connectivity index (χ1n) is 19.9. The molecule has 0 aliphatic carbocycles. The smallest absolute Gasteiger partial charge is 0.312 e. The predicted molar refractivity (Wildman–Crippen MR) is 208 cm³/mol. The number of carbonyl (C=O) groups excluding carboxylic acids is 3. The Labute approximate surface area is 332 Å². The minimum Gasteiger partial charge on any atom is -0.461 e. The van der Waals surface area contributed by atoms with Gasteiger partial charge in [0.05, 0.1) is 36.3 Å². The number of pyridine rings is 1. The van der Waals surface area contributed by atoms with Crippen LogP contribution in [0.2, 0.25) is 0 Å². The third kappa shape index (κ3) is 10.6. The lowest BCUT2D eigenvalue weighted by Gasteiger charge is -2.48. The lowest BCUT2D eigenvalue weighted by atomic mass is 9.74. The van der Waals surface area contributed by atoms with Gasteiger partial charge < -0.3 is 39.0 Å². The lowest BCUT2D eigenvalue weighted by molar-refractivity contribution is -0.302. The molecule has 3 N–H and O–H groups in total. The number of likely N-dealkylation sites (N-methyl/N-ethyl adjacent to an activating group) is 1. The molecule has 2 saturated heterocycles. The molecule has 13 heteroatoms. The Morgan fingerprint density at radius 3 is 2.27 bits per heavy atom. The summed E-state index contributed by atoms with van der Waals surface area (Å²) in [6.45, 7) is 13.9. The normalized spacial score (nSPS) is 37.8. The number of Topliss-reactive ketones (excluding diaryl/α,β-unsaturated/α-hetero) is 1. The maximum absolute atomic E-state index is 14.1. The van der Waals surface area contributed by atoms with Gasteiger partial charge in [-0.05, 0) is 71.2 Å². The van der Waals surface area contributed by atoms with Crippen molar-refractivity contribution in [3.8, 4) is 0 Å². The Morgan fingerprint density at radius 2 is 1.66 bits per heavy atom. The SMILES string of the molecule is CC[C@H]1OC(=O)[C@H](C)[C@@H](OC(=O)Cc2cccnc2)[C@H](C)[C@@H](O[C@@H]2O[C@H](C)C[C@H](N(C)Cc3ccccc3)[C@H]2O)[C@](C)(OC)C[C@@H](C)C(=O)[C@H](C)[C@@H](O)[C@]1(C)O. The van der Waals surface area contributed by atoms with Crippen molar-refractivity contribution in [2.24, 2.45) is 23.7 Å². The highest BCUT2D eigenvalue weighted by Gasteiger charge is 2.53. The zero-order valence-corrected chi connectivity index (χ0v) is 34.7.